The van der Waals surface area contributed by atoms with Crippen LogP contribution < -0.4 is 0 Å². The van der Waals surface area contributed by atoms with Gasteiger partial charge in [0.25, 0.3) is 0 Å². The van der Waals surface area contributed by atoms with Gasteiger partial charge in [0.1, 0.15) is 0 Å². The lowest BCUT2D eigenvalue weighted by Gasteiger charge is -2.03. The third kappa shape index (κ3) is 2.58. The fraction of sp³-hybridized carbons (Fsp3) is 0.286. The Labute approximate surface area is 81.8 Å². The average Bonchev–Trinajstić information content (AvgIpc) is 2.34. The second kappa shape index (κ2) is 4.02. The van der Waals surface area contributed by atoms with Crippen molar-refractivity contribution in [2.75, 3.05) is 0 Å². The van der Waals surface area contributed by atoms with Crippen LogP contribution in [0, 0.1) is 0 Å². The van der Waals surface area contributed by atoms with E-state index in [2.05, 4.69) is 15.9 Å². The van der Waals surface area contributed by atoms with Crippen molar-refractivity contribution >= 4 is 33.2 Å². The number of carboxylic acids is 1. The lowest BCUT2D eigenvalue weighted by molar-refractivity contribution is -0.139. The first-order valence-corrected chi connectivity index (χ1v) is 4.90. The first-order chi connectivity index (χ1) is 5.59. The summed E-state index contributed by atoms with van der Waals surface area (Å²) in [4.78, 5) is 10.2. The van der Waals surface area contributed by atoms with Crippen LogP contribution in [-0.4, -0.2) is 16.2 Å². The van der Waals surface area contributed by atoms with E-state index in [1.807, 2.05) is 0 Å². The fourth-order valence-electron chi connectivity index (χ4n) is 0.781. The Morgan fingerprint density at radius 3 is 2.83 bits per heavy atom. The zero-order valence-corrected chi connectivity index (χ0v) is 8.43. The molecule has 1 atom stereocenters. The van der Waals surface area contributed by atoms with Crippen LogP contribution in [0.4, 0.5) is 0 Å². The Balaban J connectivity index is 2.64. The van der Waals surface area contributed by atoms with E-state index in [1.54, 1.807) is 11.4 Å². The number of aliphatic hydroxyl groups excluding tert-OH is 1. The van der Waals surface area contributed by atoms with Crippen LogP contribution in [-0.2, 0) is 4.79 Å². The third-order valence-electron chi connectivity index (χ3n) is 1.34. The molecule has 0 unspecified atom stereocenters. The van der Waals surface area contributed by atoms with Crippen LogP contribution in [0.5, 0.6) is 0 Å². The number of hydrogen-bond donors (Lipinski definition) is 2. The molecule has 1 aromatic heterocycles. The minimum atomic E-state index is -0.996. The highest BCUT2D eigenvalue weighted by Crippen LogP contribution is 2.26. The molecule has 1 rings (SSSR count). The van der Waals surface area contributed by atoms with Gasteiger partial charge in [0.2, 0.25) is 0 Å². The predicted octanol–water partition coefficient (Wildman–Crippen LogP) is 2.02. The molecule has 0 saturated heterocycles. The van der Waals surface area contributed by atoms with Crippen molar-refractivity contribution in [2.45, 2.75) is 12.5 Å². The highest BCUT2D eigenvalue weighted by atomic mass is 79.9. The van der Waals surface area contributed by atoms with E-state index in [4.69, 9.17) is 5.11 Å². The molecule has 0 aromatic carbocycles. The predicted molar refractivity (Wildman–Crippen MR) is 49.2 cm³/mol. The summed E-state index contributed by atoms with van der Waals surface area (Å²) in [6, 6.07) is 1.72. The molecule has 2 N–H and O–H groups in total. The van der Waals surface area contributed by atoms with Gasteiger partial charge in [-0.25, -0.2) is 0 Å². The fourth-order valence-corrected chi connectivity index (χ4v) is 2.00. The number of aliphatic carboxylic acids is 1. The Hall–Kier alpha value is -0.390. The number of halogens is 1. The zero-order chi connectivity index (χ0) is 9.14. The van der Waals surface area contributed by atoms with Gasteiger partial charge < -0.3 is 10.2 Å². The first-order valence-electron chi connectivity index (χ1n) is 3.23. The molecule has 5 heteroatoms. The van der Waals surface area contributed by atoms with Crippen LogP contribution in [0.25, 0.3) is 0 Å². The summed E-state index contributed by atoms with van der Waals surface area (Å²) in [5.74, 6) is -0.996. The maximum Gasteiger partial charge on any atom is 0.306 e. The average molecular weight is 251 g/mol. The van der Waals surface area contributed by atoms with E-state index in [0.29, 0.717) is 5.56 Å². The SMILES string of the molecule is O=C(O)C[C@H](O)c1csc(Br)c1. The number of carboxylic acid groups (broad SMARTS) is 1. The Bertz CT molecular complexity index is 284. The summed E-state index contributed by atoms with van der Waals surface area (Å²) in [6.07, 6.45) is -1.14. The molecule has 1 aromatic rings. The summed E-state index contributed by atoms with van der Waals surface area (Å²) in [7, 11) is 0. The summed E-state index contributed by atoms with van der Waals surface area (Å²) in [5.41, 5.74) is 0.647. The monoisotopic (exact) mass is 250 g/mol. The van der Waals surface area contributed by atoms with Gasteiger partial charge in [0, 0.05) is 0 Å². The van der Waals surface area contributed by atoms with Crippen LogP contribution in [0.15, 0.2) is 15.2 Å². The summed E-state index contributed by atoms with van der Waals surface area (Å²) < 4.78 is 0.891. The molecule has 0 saturated carbocycles. The molecule has 3 nitrogen and oxygen atoms in total. The van der Waals surface area contributed by atoms with E-state index < -0.39 is 12.1 Å². The van der Waals surface area contributed by atoms with Gasteiger partial charge in [0.05, 0.1) is 16.3 Å². The smallest absolute Gasteiger partial charge is 0.306 e. The number of rotatable bonds is 3. The Morgan fingerprint density at radius 1 is 1.75 bits per heavy atom. The number of aliphatic hydroxyl groups is 1. The maximum atomic E-state index is 10.2. The van der Waals surface area contributed by atoms with Crippen LogP contribution in [0.3, 0.4) is 0 Å². The molecule has 0 radical (unpaired) electrons. The lowest BCUT2D eigenvalue weighted by atomic mass is 10.1. The molecule has 12 heavy (non-hydrogen) atoms. The molecule has 0 bridgehead atoms. The number of carbonyl (C=O) groups is 1. The Morgan fingerprint density at radius 2 is 2.42 bits per heavy atom. The van der Waals surface area contributed by atoms with Gasteiger partial charge >= 0.3 is 5.97 Å². The van der Waals surface area contributed by atoms with E-state index in [1.165, 1.54) is 11.3 Å². The van der Waals surface area contributed by atoms with Gasteiger partial charge in [-0.05, 0) is 32.9 Å². The molecule has 0 aliphatic heterocycles. The Kier molecular flexibility index (Phi) is 3.25. The molecule has 0 amide bonds. The summed E-state index contributed by atoms with van der Waals surface area (Å²) >= 11 is 4.65. The van der Waals surface area contributed by atoms with Crippen molar-refractivity contribution in [1.82, 2.24) is 0 Å². The lowest BCUT2D eigenvalue weighted by Crippen LogP contribution is -2.04. The third-order valence-corrected chi connectivity index (χ3v) is 2.86. The molecule has 0 aliphatic rings. The minimum absolute atomic E-state index is 0.247. The van der Waals surface area contributed by atoms with E-state index in [-0.39, 0.29) is 6.42 Å². The largest absolute Gasteiger partial charge is 0.481 e. The molecule has 0 fully saturated rings. The van der Waals surface area contributed by atoms with Gasteiger partial charge in [0.15, 0.2) is 0 Å². The molecular formula is C7H7BrO3S. The normalized spacial score (nSPS) is 12.8. The molecule has 0 spiro atoms. The van der Waals surface area contributed by atoms with Crippen LogP contribution in [0.2, 0.25) is 0 Å². The van der Waals surface area contributed by atoms with Crippen molar-refractivity contribution in [3.05, 3.63) is 20.8 Å². The standard InChI is InChI=1S/C7H7BrO3S/c8-6-1-4(3-12-6)5(9)2-7(10)11/h1,3,5,9H,2H2,(H,10,11)/t5-/m0/s1. The molecule has 1 heterocycles. The van der Waals surface area contributed by atoms with Gasteiger partial charge in [-0.3, -0.25) is 4.79 Å². The van der Waals surface area contributed by atoms with Crippen LogP contribution >= 0.6 is 27.3 Å². The van der Waals surface area contributed by atoms with Crippen molar-refractivity contribution < 1.29 is 15.0 Å². The number of hydrogen-bond acceptors (Lipinski definition) is 3. The quantitative estimate of drug-likeness (QED) is 0.863. The zero-order valence-electron chi connectivity index (χ0n) is 6.03. The highest BCUT2D eigenvalue weighted by Gasteiger charge is 2.12. The van der Waals surface area contributed by atoms with Crippen molar-refractivity contribution in [1.29, 1.82) is 0 Å². The second-order valence-corrected chi connectivity index (χ2v) is 4.59. The van der Waals surface area contributed by atoms with Crippen molar-refractivity contribution in [2.24, 2.45) is 0 Å². The first kappa shape index (κ1) is 9.70. The van der Waals surface area contributed by atoms with Gasteiger partial charge in [-0.1, -0.05) is 0 Å². The second-order valence-electron chi connectivity index (χ2n) is 2.30. The summed E-state index contributed by atoms with van der Waals surface area (Å²) in [6.45, 7) is 0. The highest BCUT2D eigenvalue weighted by molar-refractivity contribution is 9.11. The molecular weight excluding hydrogens is 244 g/mol. The van der Waals surface area contributed by atoms with E-state index >= 15 is 0 Å². The molecule has 66 valence electrons. The van der Waals surface area contributed by atoms with E-state index in [0.717, 1.165) is 3.79 Å². The topological polar surface area (TPSA) is 57.5 Å². The molecule has 0 aliphatic carbocycles. The number of thiophene rings is 1. The van der Waals surface area contributed by atoms with Crippen LogP contribution in [0.1, 0.15) is 18.1 Å². The summed E-state index contributed by atoms with van der Waals surface area (Å²) in [5, 5.41) is 19.4. The van der Waals surface area contributed by atoms with E-state index in [9.17, 15) is 9.90 Å². The van der Waals surface area contributed by atoms with Gasteiger partial charge in [-0.15, -0.1) is 11.3 Å². The van der Waals surface area contributed by atoms with Crippen molar-refractivity contribution in [3.63, 3.8) is 0 Å². The maximum absolute atomic E-state index is 10.2. The van der Waals surface area contributed by atoms with Gasteiger partial charge in [-0.2, -0.15) is 0 Å². The van der Waals surface area contributed by atoms with Crippen molar-refractivity contribution in [3.8, 4) is 0 Å². The minimum Gasteiger partial charge on any atom is -0.481 e.